The van der Waals surface area contributed by atoms with Crippen LogP contribution in [0.3, 0.4) is 0 Å². The van der Waals surface area contributed by atoms with Gasteiger partial charge in [0, 0.05) is 5.02 Å². The lowest BCUT2D eigenvalue weighted by atomic mass is 9.77. The highest BCUT2D eigenvalue weighted by molar-refractivity contribution is 6.30. The first kappa shape index (κ1) is 17.5. The Kier molecular flexibility index (Phi) is 6.37. The second kappa shape index (κ2) is 8.72. The maximum atomic E-state index is 5.98. The van der Waals surface area contributed by atoms with E-state index in [1.54, 1.807) is 0 Å². The zero-order valence-electron chi connectivity index (χ0n) is 14.8. The SMILES string of the molecule is CCCCCC1CCC(c2ccc(-c3ccc(Cl)cc3)cc2)CC1. The predicted molar refractivity (Wildman–Crippen MR) is 106 cm³/mol. The molecule has 0 aliphatic heterocycles. The van der Waals surface area contributed by atoms with Crippen LogP contribution in [-0.4, -0.2) is 0 Å². The van der Waals surface area contributed by atoms with Crippen molar-refractivity contribution in [2.75, 3.05) is 0 Å². The minimum Gasteiger partial charge on any atom is -0.0843 e. The number of rotatable bonds is 6. The van der Waals surface area contributed by atoms with Gasteiger partial charge in [0.05, 0.1) is 0 Å². The molecule has 0 unspecified atom stereocenters. The first-order valence-corrected chi connectivity index (χ1v) is 10.00. The van der Waals surface area contributed by atoms with E-state index in [4.69, 9.17) is 11.6 Å². The molecule has 1 saturated carbocycles. The van der Waals surface area contributed by atoms with Crippen molar-refractivity contribution in [2.24, 2.45) is 5.92 Å². The highest BCUT2D eigenvalue weighted by Gasteiger charge is 2.21. The molecule has 0 aromatic heterocycles. The minimum absolute atomic E-state index is 0.770. The van der Waals surface area contributed by atoms with Crippen molar-refractivity contribution in [1.29, 1.82) is 0 Å². The van der Waals surface area contributed by atoms with Gasteiger partial charge in [0.15, 0.2) is 0 Å². The fraction of sp³-hybridized carbons (Fsp3) is 0.478. The summed E-state index contributed by atoms with van der Waals surface area (Å²) in [6, 6.07) is 17.3. The van der Waals surface area contributed by atoms with E-state index in [2.05, 4.69) is 43.3 Å². The zero-order chi connectivity index (χ0) is 16.8. The Hall–Kier alpha value is -1.27. The molecule has 0 radical (unpaired) electrons. The maximum absolute atomic E-state index is 5.98. The van der Waals surface area contributed by atoms with Crippen LogP contribution in [0.2, 0.25) is 5.02 Å². The quantitative estimate of drug-likeness (QED) is 0.469. The van der Waals surface area contributed by atoms with E-state index in [9.17, 15) is 0 Å². The molecule has 0 heterocycles. The molecule has 3 rings (SSSR count). The summed E-state index contributed by atoms with van der Waals surface area (Å²) in [4.78, 5) is 0. The molecule has 1 aliphatic rings. The van der Waals surface area contributed by atoms with Crippen molar-refractivity contribution in [3.05, 3.63) is 59.1 Å². The Morgan fingerprint density at radius 3 is 1.96 bits per heavy atom. The molecule has 1 fully saturated rings. The molecule has 0 nitrogen and oxygen atoms in total. The Bertz CT molecular complexity index is 603. The minimum atomic E-state index is 0.770. The molecular weight excluding hydrogens is 312 g/mol. The van der Waals surface area contributed by atoms with Gasteiger partial charge in [-0.3, -0.25) is 0 Å². The molecule has 2 aromatic carbocycles. The Labute approximate surface area is 152 Å². The van der Waals surface area contributed by atoms with E-state index in [-0.39, 0.29) is 0 Å². The molecule has 0 spiro atoms. The van der Waals surface area contributed by atoms with E-state index >= 15 is 0 Å². The molecule has 1 heteroatoms. The molecule has 0 amide bonds. The molecular formula is C23H29Cl. The van der Waals surface area contributed by atoms with Crippen LogP contribution in [-0.2, 0) is 0 Å². The van der Waals surface area contributed by atoms with E-state index in [0.717, 1.165) is 16.9 Å². The van der Waals surface area contributed by atoms with Crippen molar-refractivity contribution in [1.82, 2.24) is 0 Å². The molecule has 0 atom stereocenters. The average Bonchev–Trinajstić information content (AvgIpc) is 2.63. The van der Waals surface area contributed by atoms with Crippen molar-refractivity contribution in [3.63, 3.8) is 0 Å². The van der Waals surface area contributed by atoms with E-state index in [0.29, 0.717) is 0 Å². The van der Waals surface area contributed by atoms with Crippen LogP contribution >= 0.6 is 11.6 Å². The van der Waals surface area contributed by atoms with E-state index < -0.39 is 0 Å². The van der Waals surface area contributed by atoms with Crippen molar-refractivity contribution in [2.45, 2.75) is 64.2 Å². The number of unbranched alkanes of at least 4 members (excludes halogenated alkanes) is 2. The first-order valence-electron chi connectivity index (χ1n) is 9.62. The van der Waals surface area contributed by atoms with E-state index in [1.807, 2.05) is 12.1 Å². The lowest BCUT2D eigenvalue weighted by Crippen LogP contribution is -2.13. The van der Waals surface area contributed by atoms with E-state index in [1.165, 1.54) is 68.1 Å². The van der Waals surface area contributed by atoms with Crippen LogP contribution < -0.4 is 0 Å². The summed E-state index contributed by atoms with van der Waals surface area (Å²) < 4.78 is 0. The van der Waals surface area contributed by atoms with Gasteiger partial charge in [0.1, 0.15) is 0 Å². The van der Waals surface area contributed by atoms with Gasteiger partial charge in [-0.05, 0) is 66.3 Å². The maximum Gasteiger partial charge on any atom is 0.0406 e. The monoisotopic (exact) mass is 340 g/mol. The van der Waals surface area contributed by atoms with Crippen molar-refractivity contribution in [3.8, 4) is 11.1 Å². The van der Waals surface area contributed by atoms with Gasteiger partial charge < -0.3 is 0 Å². The third-order valence-electron chi connectivity index (χ3n) is 5.62. The van der Waals surface area contributed by atoms with Gasteiger partial charge >= 0.3 is 0 Å². The fourth-order valence-corrected chi connectivity index (χ4v) is 4.18. The Morgan fingerprint density at radius 2 is 1.38 bits per heavy atom. The zero-order valence-corrected chi connectivity index (χ0v) is 15.6. The molecule has 24 heavy (non-hydrogen) atoms. The summed E-state index contributed by atoms with van der Waals surface area (Å²) in [5.74, 6) is 1.76. The standard InChI is InChI=1S/C23H29Cl/c1-2-3-4-5-18-6-8-19(9-7-18)20-10-12-21(13-11-20)22-14-16-23(24)17-15-22/h10-19H,2-9H2,1H3. The summed E-state index contributed by atoms with van der Waals surface area (Å²) in [7, 11) is 0. The lowest BCUT2D eigenvalue weighted by Gasteiger charge is -2.29. The second-order valence-corrected chi connectivity index (χ2v) is 7.78. The molecule has 0 saturated heterocycles. The fourth-order valence-electron chi connectivity index (χ4n) is 4.06. The summed E-state index contributed by atoms with van der Waals surface area (Å²) >= 11 is 5.98. The van der Waals surface area contributed by atoms with Crippen LogP contribution in [0.25, 0.3) is 11.1 Å². The Balaban J connectivity index is 1.56. The lowest BCUT2D eigenvalue weighted by molar-refractivity contribution is 0.303. The Morgan fingerprint density at radius 1 is 0.792 bits per heavy atom. The molecule has 1 aliphatic carbocycles. The number of hydrogen-bond acceptors (Lipinski definition) is 0. The molecule has 128 valence electrons. The number of halogens is 1. The predicted octanol–water partition coefficient (Wildman–Crippen LogP) is 7.86. The first-order chi connectivity index (χ1) is 11.8. The third-order valence-corrected chi connectivity index (χ3v) is 5.87. The molecule has 0 N–H and O–H groups in total. The van der Waals surface area contributed by atoms with Crippen LogP contribution in [0.15, 0.2) is 48.5 Å². The van der Waals surface area contributed by atoms with Gasteiger partial charge in [-0.25, -0.2) is 0 Å². The van der Waals surface area contributed by atoms with Gasteiger partial charge in [-0.15, -0.1) is 0 Å². The van der Waals surface area contributed by atoms with Crippen LogP contribution in [0.1, 0.15) is 69.8 Å². The molecule has 2 aromatic rings. The van der Waals surface area contributed by atoms with Crippen LogP contribution in [0.5, 0.6) is 0 Å². The third kappa shape index (κ3) is 4.63. The van der Waals surface area contributed by atoms with Gasteiger partial charge in [0.25, 0.3) is 0 Å². The summed E-state index contributed by atoms with van der Waals surface area (Å²) in [5, 5.41) is 0.797. The topological polar surface area (TPSA) is 0 Å². The van der Waals surface area contributed by atoms with Crippen LogP contribution in [0.4, 0.5) is 0 Å². The summed E-state index contributed by atoms with van der Waals surface area (Å²) in [5.41, 5.74) is 4.05. The smallest absolute Gasteiger partial charge is 0.0406 e. The summed E-state index contributed by atoms with van der Waals surface area (Å²) in [6.07, 6.45) is 11.2. The van der Waals surface area contributed by atoms with Crippen LogP contribution in [0, 0.1) is 5.92 Å². The van der Waals surface area contributed by atoms with Gasteiger partial charge in [-0.2, -0.15) is 0 Å². The highest BCUT2D eigenvalue weighted by Crippen LogP contribution is 2.38. The average molecular weight is 341 g/mol. The summed E-state index contributed by atoms with van der Waals surface area (Å²) in [6.45, 7) is 2.30. The second-order valence-electron chi connectivity index (χ2n) is 7.34. The number of benzene rings is 2. The normalized spacial score (nSPS) is 20.9. The van der Waals surface area contributed by atoms with Crippen molar-refractivity contribution < 1.29 is 0 Å². The largest absolute Gasteiger partial charge is 0.0843 e. The van der Waals surface area contributed by atoms with Gasteiger partial charge in [-0.1, -0.05) is 80.6 Å². The highest BCUT2D eigenvalue weighted by atomic mass is 35.5. The van der Waals surface area contributed by atoms with Gasteiger partial charge in [0.2, 0.25) is 0 Å². The van der Waals surface area contributed by atoms with Crippen molar-refractivity contribution >= 4 is 11.6 Å². The number of hydrogen-bond donors (Lipinski definition) is 0. The molecule has 0 bridgehead atoms.